The number of anilines is 2. The fourth-order valence-electron chi connectivity index (χ4n) is 5.07. The third kappa shape index (κ3) is 6.52. The van der Waals surface area contributed by atoms with Gasteiger partial charge >= 0.3 is 0 Å². The lowest BCUT2D eigenvalue weighted by Crippen LogP contribution is -2.53. The van der Waals surface area contributed by atoms with Crippen molar-refractivity contribution in [2.45, 2.75) is 45.1 Å². The molecule has 0 spiro atoms. The number of piperazine rings is 1. The SMILES string of the molecule is Cc1cccc(C)c1-c1cc(Oc2ccc(N3CCN(C(C)(C)C)CC3)cc2)nc(NS(=O)(=O)c2cnn(C)c2)n1. The van der Waals surface area contributed by atoms with Crippen molar-refractivity contribution in [1.82, 2.24) is 24.6 Å². The second-order valence-corrected chi connectivity index (χ2v) is 13.1. The van der Waals surface area contributed by atoms with Crippen molar-refractivity contribution in [3.63, 3.8) is 0 Å². The van der Waals surface area contributed by atoms with Crippen LogP contribution in [0.4, 0.5) is 11.6 Å². The zero-order chi connectivity index (χ0) is 29.4. The molecule has 2 aromatic carbocycles. The Balaban J connectivity index is 1.41. The second-order valence-electron chi connectivity index (χ2n) is 11.4. The molecule has 1 aliphatic rings. The number of ether oxygens (including phenoxy) is 1. The van der Waals surface area contributed by atoms with Crippen molar-refractivity contribution >= 4 is 21.7 Å². The van der Waals surface area contributed by atoms with Gasteiger partial charge in [0.25, 0.3) is 10.0 Å². The molecule has 10 nitrogen and oxygen atoms in total. The highest BCUT2D eigenvalue weighted by Crippen LogP contribution is 2.32. The first-order chi connectivity index (χ1) is 19.4. The molecule has 1 N–H and O–H groups in total. The van der Waals surface area contributed by atoms with Gasteiger partial charge in [0, 0.05) is 62.3 Å². The zero-order valence-electron chi connectivity index (χ0n) is 24.4. The Kier molecular flexibility index (Phi) is 7.76. The molecular weight excluding hydrogens is 538 g/mol. The van der Waals surface area contributed by atoms with Gasteiger partial charge in [-0.05, 0) is 70.0 Å². The fraction of sp³-hybridized carbons (Fsp3) is 0.367. The first kappa shape index (κ1) is 28.6. The summed E-state index contributed by atoms with van der Waals surface area (Å²) in [6.45, 7) is 14.7. The van der Waals surface area contributed by atoms with E-state index < -0.39 is 10.0 Å². The van der Waals surface area contributed by atoms with E-state index in [1.807, 2.05) is 56.3 Å². The van der Waals surface area contributed by atoms with Crippen molar-refractivity contribution < 1.29 is 13.2 Å². The van der Waals surface area contributed by atoms with E-state index in [-0.39, 0.29) is 22.3 Å². The molecule has 0 bridgehead atoms. The number of aryl methyl sites for hydroxylation is 3. The van der Waals surface area contributed by atoms with Crippen molar-refractivity contribution in [3.8, 4) is 22.9 Å². The molecule has 4 aromatic rings. The minimum Gasteiger partial charge on any atom is -0.439 e. The van der Waals surface area contributed by atoms with E-state index in [1.165, 1.54) is 17.1 Å². The summed E-state index contributed by atoms with van der Waals surface area (Å²) in [5.74, 6) is 0.736. The topological polar surface area (TPSA) is 105 Å². The van der Waals surface area contributed by atoms with Gasteiger partial charge in [0.1, 0.15) is 10.6 Å². The van der Waals surface area contributed by atoms with Gasteiger partial charge in [-0.1, -0.05) is 18.2 Å². The first-order valence-corrected chi connectivity index (χ1v) is 15.1. The lowest BCUT2D eigenvalue weighted by atomic mass is 10.00. The largest absolute Gasteiger partial charge is 0.439 e. The standard InChI is InChI=1S/C30H37N7O3S/c1-21-8-7-9-22(2)28(21)26-18-27(33-29(32-26)34-41(38,39)25-19-31-35(6)20-25)40-24-12-10-23(11-13-24)36-14-16-37(17-15-36)30(3,4)5/h7-13,18-20H,14-17H2,1-6H3,(H,32,33,34). The van der Waals surface area contributed by atoms with Crippen LogP contribution in [-0.2, 0) is 17.1 Å². The molecule has 1 saturated heterocycles. The van der Waals surface area contributed by atoms with Crippen LogP contribution >= 0.6 is 0 Å². The Bertz CT molecular complexity index is 1620. The van der Waals surface area contributed by atoms with Gasteiger partial charge in [0.2, 0.25) is 11.8 Å². The molecule has 0 saturated carbocycles. The van der Waals surface area contributed by atoms with Gasteiger partial charge in [-0.15, -0.1) is 0 Å². The summed E-state index contributed by atoms with van der Waals surface area (Å²) in [5.41, 5.74) is 4.77. The van der Waals surface area contributed by atoms with Crippen LogP contribution < -0.4 is 14.4 Å². The van der Waals surface area contributed by atoms with E-state index in [0.717, 1.165) is 48.6 Å². The number of nitrogens with zero attached hydrogens (tertiary/aromatic N) is 6. The number of hydrogen-bond acceptors (Lipinski definition) is 8. The highest BCUT2D eigenvalue weighted by atomic mass is 32.2. The lowest BCUT2D eigenvalue weighted by molar-refractivity contribution is 0.128. The van der Waals surface area contributed by atoms with Crippen molar-refractivity contribution in [2.24, 2.45) is 7.05 Å². The summed E-state index contributed by atoms with van der Waals surface area (Å²) in [6, 6.07) is 15.6. The van der Waals surface area contributed by atoms with E-state index in [4.69, 9.17) is 4.74 Å². The zero-order valence-corrected chi connectivity index (χ0v) is 25.2. The Hall–Kier alpha value is -3.96. The summed E-state index contributed by atoms with van der Waals surface area (Å²) in [7, 11) is -2.30. The molecule has 1 fully saturated rings. The Morgan fingerprint density at radius 1 is 0.927 bits per heavy atom. The molecule has 11 heteroatoms. The quantitative estimate of drug-likeness (QED) is 0.328. The normalized spacial score (nSPS) is 14.7. The molecule has 0 radical (unpaired) electrons. The Morgan fingerprint density at radius 3 is 2.17 bits per heavy atom. The summed E-state index contributed by atoms with van der Waals surface area (Å²) >= 11 is 0. The monoisotopic (exact) mass is 575 g/mol. The first-order valence-electron chi connectivity index (χ1n) is 13.6. The molecule has 216 valence electrons. The maximum absolute atomic E-state index is 13.0. The summed E-state index contributed by atoms with van der Waals surface area (Å²) in [6.07, 6.45) is 2.69. The number of aromatic nitrogens is 4. The average molecular weight is 576 g/mol. The van der Waals surface area contributed by atoms with E-state index in [1.54, 1.807) is 13.1 Å². The maximum atomic E-state index is 13.0. The van der Waals surface area contributed by atoms with E-state index in [0.29, 0.717) is 11.4 Å². The van der Waals surface area contributed by atoms with E-state index in [2.05, 4.69) is 50.4 Å². The predicted octanol–water partition coefficient (Wildman–Crippen LogP) is 5.01. The van der Waals surface area contributed by atoms with Crippen LogP contribution in [0.1, 0.15) is 31.9 Å². The van der Waals surface area contributed by atoms with Crippen molar-refractivity contribution in [3.05, 3.63) is 72.1 Å². The number of nitrogens with one attached hydrogen (secondary N) is 1. The summed E-state index contributed by atoms with van der Waals surface area (Å²) in [4.78, 5) is 13.9. The Labute approximate surface area is 242 Å². The maximum Gasteiger partial charge on any atom is 0.267 e. The predicted molar refractivity (Wildman–Crippen MR) is 161 cm³/mol. The number of rotatable bonds is 7. The van der Waals surface area contributed by atoms with Crippen LogP contribution in [0.3, 0.4) is 0 Å². The van der Waals surface area contributed by atoms with Crippen molar-refractivity contribution in [2.75, 3.05) is 35.8 Å². The molecule has 0 atom stereocenters. The van der Waals surface area contributed by atoms with Crippen LogP contribution in [0, 0.1) is 13.8 Å². The van der Waals surface area contributed by atoms with Gasteiger partial charge < -0.3 is 9.64 Å². The van der Waals surface area contributed by atoms with Gasteiger partial charge in [-0.2, -0.15) is 10.1 Å². The van der Waals surface area contributed by atoms with Crippen LogP contribution in [0.25, 0.3) is 11.3 Å². The molecule has 2 aromatic heterocycles. The van der Waals surface area contributed by atoms with Gasteiger partial charge in [0.05, 0.1) is 11.9 Å². The molecule has 1 aliphatic heterocycles. The third-order valence-corrected chi connectivity index (χ3v) is 8.59. The smallest absolute Gasteiger partial charge is 0.267 e. The van der Waals surface area contributed by atoms with Crippen LogP contribution in [-0.4, -0.2) is 64.8 Å². The van der Waals surface area contributed by atoms with Crippen LogP contribution in [0.15, 0.2) is 65.8 Å². The minimum atomic E-state index is -3.96. The van der Waals surface area contributed by atoms with Gasteiger partial charge in [-0.25, -0.2) is 18.1 Å². The van der Waals surface area contributed by atoms with Gasteiger partial charge in [-0.3, -0.25) is 9.58 Å². The lowest BCUT2D eigenvalue weighted by Gasteiger charge is -2.43. The average Bonchev–Trinajstić information content (AvgIpc) is 3.36. The molecule has 0 unspecified atom stereocenters. The van der Waals surface area contributed by atoms with Crippen LogP contribution in [0.5, 0.6) is 11.6 Å². The van der Waals surface area contributed by atoms with E-state index >= 15 is 0 Å². The molecular formula is C30H37N7O3S. The van der Waals surface area contributed by atoms with E-state index in [9.17, 15) is 8.42 Å². The van der Waals surface area contributed by atoms with Crippen LogP contribution in [0.2, 0.25) is 0 Å². The second kappa shape index (κ2) is 11.1. The molecule has 0 aliphatic carbocycles. The minimum absolute atomic E-state index is 0.0162. The summed E-state index contributed by atoms with van der Waals surface area (Å²) in [5, 5.41) is 3.97. The molecule has 0 amide bonds. The van der Waals surface area contributed by atoms with Gasteiger partial charge in [0.15, 0.2) is 0 Å². The highest BCUT2D eigenvalue weighted by Gasteiger charge is 2.26. The number of hydrogen-bond donors (Lipinski definition) is 1. The third-order valence-electron chi connectivity index (χ3n) is 7.31. The Morgan fingerprint density at radius 2 is 1.59 bits per heavy atom. The fourth-order valence-corrected chi connectivity index (χ4v) is 5.99. The number of benzene rings is 2. The highest BCUT2D eigenvalue weighted by molar-refractivity contribution is 7.92. The molecule has 41 heavy (non-hydrogen) atoms. The summed E-state index contributed by atoms with van der Waals surface area (Å²) < 4.78 is 36.1. The number of sulfonamides is 1. The van der Waals surface area contributed by atoms with Crippen molar-refractivity contribution in [1.29, 1.82) is 0 Å². The molecule has 3 heterocycles. The molecule has 5 rings (SSSR count).